The van der Waals surface area contributed by atoms with E-state index in [0.717, 1.165) is 5.56 Å². The molecule has 1 aromatic carbocycles. The van der Waals surface area contributed by atoms with Gasteiger partial charge in [0, 0.05) is 11.6 Å². The Balaban J connectivity index is 2.70. The van der Waals surface area contributed by atoms with Gasteiger partial charge in [0.1, 0.15) is 0 Å². The fraction of sp³-hybridized carbons (Fsp3) is 0.533. The summed E-state index contributed by atoms with van der Waals surface area (Å²) in [7, 11) is 0. The normalized spacial score (nSPS) is 12.9. The van der Waals surface area contributed by atoms with Gasteiger partial charge in [-0.15, -0.1) is 0 Å². The summed E-state index contributed by atoms with van der Waals surface area (Å²) in [6, 6.07) is 8.06. The fourth-order valence-corrected chi connectivity index (χ4v) is 1.48. The predicted molar refractivity (Wildman–Crippen MR) is 72.3 cm³/mol. The molecule has 1 unspecified atom stereocenters. The van der Waals surface area contributed by atoms with Gasteiger partial charge < -0.3 is 5.32 Å². The summed E-state index contributed by atoms with van der Waals surface area (Å²) in [5, 5.41) is 3.01. The van der Waals surface area contributed by atoms with Gasteiger partial charge >= 0.3 is 0 Å². The van der Waals surface area contributed by atoms with Crippen molar-refractivity contribution in [3.05, 3.63) is 35.4 Å². The number of amides is 1. The van der Waals surface area contributed by atoms with Crippen molar-refractivity contribution in [1.82, 2.24) is 5.32 Å². The smallest absolute Gasteiger partial charge is 0.251 e. The third kappa shape index (κ3) is 3.88. The lowest BCUT2D eigenvalue weighted by Gasteiger charge is -2.17. The summed E-state index contributed by atoms with van der Waals surface area (Å²) in [5.74, 6) is 0.970. The van der Waals surface area contributed by atoms with Gasteiger partial charge in [-0.1, -0.05) is 39.8 Å². The number of carbonyl (C=O) groups excluding carboxylic acids is 1. The molecule has 0 saturated heterocycles. The quantitative estimate of drug-likeness (QED) is 0.846. The second kappa shape index (κ2) is 5.85. The highest BCUT2D eigenvalue weighted by Crippen LogP contribution is 2.14. The van der Waals surface area contributed by atoms with Crippen LogP contribution in [0.3, 0.4) is 0 Å². The number of hydrogen-bond acceptors (Lipinski definition) is 1. The lowest BCUT2D eigenvalue weighted by molar-refractivity contribution is 0.0930. The van der Waals surface area contributed by atoms with Crippen molar-refractivity contribution in [2.75, 3.05) is 0 Å². The largest absolute Gasteiger partial charge is 0.349 e. The Morgan fingerprint density at radius 2 is 1.53 bits per heavy atom. The van der Waals surface area contributed by atoms with Gasteiger partial charge in [0.15, 0.2) is 0 Å². The maximum Gasteiger partial charge on any atom is 0.251 e. The molecule has 0 saturated carbocycles. The Morgan fingerprint density at radius 1 is 1.00 bits per heavy atom. The third-order valence-electron chi connectivity index (χ3n) is 3.20. The molecule has 0 fully saturated rings. The van der Waals surface area contributed by atoms with Gasteiger partial charge in [-0.3, -0.25) is 4.79 Å². The molecule has 1 aromatic rings. The van der Waals surface area contributed by atoms with E-state index in [1.807, 2.05) is 31.2 Å². The summed E-state index contributed by atoms with van der Waals surface area (Å²) in [6.45, 7) is 10.5. The van der Waals surface area contributed by atoms with Gasteiger partial charge in [-0.25, -0.2) is 0 Å². The molecule has 1 N–H and O–H groups in total. The van der Waals surface area contributed by atoms with Crippen molar-refractivity contribution < 1.29 is 4.79 Å². The van der Waals surface area contributed by atoms with Crippen LogP contribution in [0.1, 0.15) is 56.5 Å². The van der Waals surface area contributed by atoms with E-state index < -0.39 is 0 Å². The molecule has 0 heterocycles. The zero-order valence-electron chi connectivity index (χ0n) is 11.4. The lowest BCUT2D eigenvalue weighted by Crippen LogP contribution is -2.36. The Labute approximate surface area is 104 Å². The van der Waals surface area contributed by atoms with Crippen molar-refractivity contribution in [2.45, 2.75) is 46.6 Å². The zero-order chi connectivity index (χ0) is 13.0. The Kier molecular flexibility index (Phi) is 4.73. The molecule has 0 aliphatic heterocycles. The number of rotatable bonds is 4. The van der Waals surface area contributed by atoms with E-state index in [-0.39, 0.29) is 11.9 Å². The van der Waals surface area contributed by atoms with Crippen LogP contribution < -0.4 is 5.32 Å². The average molecular weight is 233 g/mol. The molecule has 2 nitrogen and oxygen atoms in total. The molecular formula is C15H23NO. The van der Waals surface area contributed by atoms with Crippen LogP contribution in [-0.4, -0.2) is 11.9 Å². The van der Waals surface area contributed by atoms with Crippen molar-refractivity contribution in [2.24, 2.45) is 5.92 Å². The molecule has 0 aliphatic carbocycles. The minimum atomic E-state index is 0.0153. The van der Waals surface area contributed by atoms with E-state index in [0.29, 0.717) is 11.8 Å². The first-order valence-corrected chi connectivity index (χ1v) is 6.32. The van der Waals surface area contributed by atoms with Crippen LogP contribution in [-0.2, 0) is 0 Å². The molecule has 1 amide bonds. The van der Waals surface area contributed by atoms with Crippen LogP contribution in [0.25, 0.3) is 0 Å². The van der Waals surface area contributed by atoms with E-state index in [4.69, 9.17) is 0 Å². The fourth-order valence-electron chi connectivity index (χ4n) is 1.48. The van der Waals surface area contributed by atoms with Crippen molar-refractivity contribution in [3.63, 3.8) is 0 Å². The lowest BCUT2D eigenvalue weighted by atomic mass is 10.0. The highest BCUT2D eigenvalue weighted by molar-refractivity contribution is 5.94. The van der Waals surface area contributed by atoms with Crippen molar-refractivity contribution >= 4 is 5.91 Å². The molecule has 0 aliphatic rings. The first-order chi connectivity index (χ1) is 7.91. The number of carbonyl (C=O) groups is 1. The number of hydrogen-bond donors (Lipinski definition) is 1. The molecule has 94 valence electrons. The Morgan fingerprint density at radius 3 is 1.94 bits per heavy atom. The van der Waals surface area contributed by atoms with E-state index in [1.54, 1.807) is 0 Å². The van der Waals surface area contributed by atoms with E-state index in [9.17, 15) is 4.79 Å². The maximum absolute atomic E-state index is 11.9. The van der Waals surface area contributed by atoms with Crippen LogP contribution in [0.4, 0.5) is 0 Å². The first-order valence-electron chi connectivity index (χ1n) is 6.32. The molecule has 1 rings (SSSR count). The van der Waals surface area contributed by atoms with Crippen LogP contribution in [0.2, 0.25) is 0 Å². The second-order valence-corrected chi connectivity index (χ2v) is 5.28. The number of nitrogens with one attached hydrogen (secondary N) is 1. The monoisotopic (exact) mass is 233 g/mol. The molecule has 0 aromatic heterocycles. The predicted octanol–water partition coefficient (Wildman–Crippen LogP) is 3.58. The van der Waals surface area contributed by atoms with E-state index >= 15 is 0 Å². The van der Waals surface area contributed by atoms with Crippen molar-refractivity contribution in [3.8, 4) is 0 Å². The summed E-state index contributed by atoms with van der Waals surface area (Å²) in [4.78, 5) is 11.9. The molecular weight excluding hydrogens is 210 g/mol. The van der Waals surface area contributed by atoms with Crippen LogP contribution in [0.5, 0.6) is 0 Å². The zero-order valence-corrected chi connectivity index (χ0v) is 11.4. The van der Waals surface area contributed by atoms with E-state index in [2.05, 4.69) is 33.0 Å². The van der Waals surface area contributed by atoms with Gasteiger partial charge in [0.05, 0.1) is 0 Å². The molecule has 17 heavy (non-hydrogen) atoms. The van der Waals surface area contributed by atoms with E-state index in [1.165, 1.54) is 5.56 Å². The second-order valence-electron chi connectivity index (χ2n) is 5.28. The third-order valence-corrected chi connectivity index (χ3v) is 3.20. The first kappa shape index (κ1) is 13.8. The number of benzene rings is 1. The topological polar surface area (TPSA) is 29.1 Å². The highest BCUT2D eigenvalue weighted by Gasteiger charge is 2.12. The Bertz CT molecular complexity index is 365. The molecule has 0 bridgehead atoms. The summed E-state index contributed by atoms with van der Waals surface area (Å²) < 4.78 is 0. The minimum Gasteiger partial charge on any atom is -0.349 e. The van der Waals surface area contributed by atoms with Gasteiger partial charge in [-0.05, 0) is 36.5 Å². The average Bonchev–Trinajstić information content (AvgIpc) is 2.28. The van der Waals surface area contributed by atoms with Gasteiger partial charge in [0.25, 0.3) is 5.91 Å². The minimum absolute atomic E-state index is 0.0153. The highest BCUT2D eigenvalue weighted by atomic mass is 16.1. The van der Waals surface area contributed by atoms with Gasteiger partial charge in [-0.2, -0.15) is 0 Å². The van der Waals surface area contributed by atoms with Crippen LogP contribution >= 0.6 is 0 Å². The van der Waals surface area contributed by atoms with Crippen LogP contribution in [0, 0.1) is 5.92 Å². The molecule has 0 spiro atoms. The van der Waals surface area contributed by atoms with Gasteiger partial charge in [0.2, 0.25) is 0 Å². The maximum atomic E-state index is 11.9. The standard InChI is InChI=1S/C15H23NO/c1-10(2)12(5)16-15(17)14-8-6-13(7-9-14)11(3)4/h6-12H,1-5H3,(H,16,17). The summed E-state index contributed by atoms with van der Waals surface area (Å²) >= 11 is 0. The molecule has 1 atom stereocenters. The Hall–Kier alpha value is -1.31. The molecule has 0 radical (unpaired) electrons. The SMILES string of the molecule is CC(C)c1ccc(C(=O)NC(C)C(C)C)cc1. The summed E-state index contributed by atoms with van der Waals surface area (Å²) in [5.41, 5.74) is 2.00. The summed E-state index contributed by atoms with van der Waals surface area (Å²) in [6.07, 6.45) is 0. The van der Waals surface area contributed by atoms with Crippen LogP contribution in [0.15, 0.2) is 24.3 Å². The molecule has 2 heteroatoms. The van der Waals surface area contributed by atoms with Crippen molar-refractivity contribution in [1.29, 1.82) is 0 Å².